The van der Waals surface area contributed by atoms with E-state index in [0.717, 1.165) is 55.3 Å². The molecule has 0 atom stereocenters. The van der Waals surface area contributed by atoms with Gasteiger partial charge in [-0.3, -0.25) is 15.0 Å². The van der Waals surface area contributed by atoms with Crippen molar-refractivity contribution in [3.8, 4) is 33.9 Å². The first-order valence-electron chi connectivity index (χ1n) is 12.5. The van der Waals surface area contributed by atoms with E-state index in [1.54, 1.807) is 6.33 Å². The number of likely N-dealkylation sites (tertiary alicyclic amines) is 1. The van der Waals surface area contributed by atoms with Gasteiger partial charge in [0.2, 0.25) is 0 Å². The minimum absolute atomic E-state index is 0.411. The summed E-state index contributed by atoms with van der Waals surface area (Å²) in [7, 11) is 0. The molecule has 0 aliphatic carbocycles. The van der Waals surface area contributed by atoms with E-state index < -0.39 is 0 Å². The molecule has 36 heavy (non-hydrogen) atoms. The van der Waals surface area contributed by atoms with Gasteiger partial charge in [-0.15, -0.1) is 0 Å². The molecule has 1 saturated heterocycles. The number of H-pyrrole nitrogens is 2. The summed E-state index contributed by atoms with van der Waals surface area (Å²) in [6.07, 6.45) is 7.60. The van der Waals surface area contributed by atoms with Crippen LogP contribution in [-0.2, 0) is 6.54 Å². The van der Waals surface area contributed by atoms with Crippen molar-refractivity contribution in [1.82, 2.24) is 35.0 Å². The summed E-state index contributed by atoms with van der Waals surface area (Å²) >= 11 is 0. The van der Waals surface area contributed by atoms with E-state index in [0.29, 0.717) is 11.7 Å². The predicted molar refractivity (Wildman–Crippen MR) is 141 cm³/mol. The van der Waals surface area contributed by atoms with Crippen molar-refractivity contribution in [2.24, 2.45) is 0 Å². The molecule has 0 amide bonds. The fourth-order valence-electron chi connectivity index (χ4n) is 4.96. The van der Waals surface area contributed by atoms with E-state index in [-0.39, 0.29) is 0 Å². The van der Waals surface area contributed by atoms with E-state index in [9.17, 15) is 0 Å². The normalized spacial score (nSPS) is 14.8. The van der Waals surface area contributed by atoms with Gasteiger partial charge in [0.15, 0.2) is 5.82 Å². The molecule has 0 saturated carbocycles. The van der Waals surface area contributed by atoms with Crippen LogP contribution in [0.4, 0.5) is 0 Å². The average Bonchev–Trinajstić information content (AvgIpc) is 3.63. The first-order valence-corrected chi connectivity index (χ1v) is 12.5. The van der Waals surface area contributed by atoms with Crippen LogP contribution in [0.5, 0.6) is 0 Å². The smallest absolute Gasteiger partial charge is 0.199 e. The Balaban J connectivity index is 1.08. The van der Waals surface area contributed by atoms with Crippen molar-refractivity contribution >= 4 is 0 Å². The minimum atomic E-state index is 0.411. The molecule has 0 bridgehead atoms. The Bertz CT molecular complexity index is 1410. The van der Waals surface area contributed by atoms with Gasteiger partial charge in [0.1, 0.15) is 11.5 Å². The minimum Gasteiger partial charge on any atom is -0.345 e. The quantitative estimate of drug-likeness (QED) is 0.333. The molecule has 0 spiro atoms. The molecule has 7 heteroatoms. The third kappa shape index (κ3) is 4.70. The van der Waals surface area contributed by atoms with Crippen molar-refractivity contribution in [1.29, 1.82) is 0 Å². The maximum absolute atomic E-state index is 4.75. The molecule has 1 aliphatic rings. The third-order valence-corrected chi connectivity index (χ3v) is 7.00. The van der Waals surface area contributed by atoms with E-state index in [1.165, 1.54) is 22.3 Å². The van der Waals surface area contributed by atoms with Crippen LogP contribution in [0.3, 0.4) is 0 Å². The Hall–Kier alpha value is -4.10. The second-order valence-corrected chi connectivity index (χ2v) is 9.52. The zero-order valence-corrected chi connectivity index (χ0v) is 20.4. The number of nitrogens with zero attached hydrogens (tertiary/aromatic N) is 5. The summed E-state index contributed by atoms with van der Waals surface area (Å²) in [4.78, 5) is 19.1. The van der Waals surface area contributed by atoms with Crippen molar-refractivity contribution < 1.29 is 0 Å². The molecule has 1 fully saturated rings. The van der Waals surface area contributed by atoms with Crippen molar-refractivity contribution in [3.63, 3.8) is 0 Å². The molecule has 2 aromatic carbocycles. The Morgan fingerprint density at radius 3 is 2.44 bits per heavy atom. The Morgan fingerprint density at radius 2 is 1.72 bits per heavy atom. The van der Waals surface area contributed by atoms with Crippen LogP contribution in [0.2, 0.25) is 0 Å². The number of hydrogen-bond acceptors (Lipinski definition) is 5. The SMILES string of the molecule is Cc1ccc(-c2n[nH]c(C3CCN(Cc4ccc(-c5ccccc5-c5cnc[nH]5)cc4)CC3)n2)nc1. The predicted octanol–water partition coefficient (Wildman–Crippen LogP) is 5.61. The van der Waals surface area contributed by atoms with Crippen molar-refractivity contribution in [2.75, 3.05) is 13.1 Å². The molecule has 0 unspecified atom stereocenters. The van der Waals surface area contributed by atoms with Crippen LogP contribution in [0.15, 0.2) is 79.4 Å². The van der Waals surface area contributed by atoms with Gasteiger partial charge in [0, 0.05) is 24.2 Å². The number of hydrogen-bond donors (Lipinski definition) is 2. The Kier molecular flexibility index (Phi) is 6.13. The summed E-state index contributed by atoms with van der Waals surface area (Å²) in [5.41, 5.74) is 7.91. The summed E-state index contributed by atoms with van der Waals surface area (Å²) in [6, 6.07) is 21.4. The van der Waals surface area contributed by atoms with E-state index in [2.05, 4.69) is 78.6 Å². The van der Waals surface area contributed by atoms with Gasteiger partial charge in [0.05, 0.1) is 18.2 Å². The number of piperidine rings is 1. The van der Waals surface area contributed by atoms with Gasteiger partial charge < -0.3 is 4.98 Å². The van der Waals surface area contributed by atoms with Crippen molar-refractivity contribution in [3.05, 3.63) is 96.3 Å². The number of aromatic amines is 2. The van der Waals surface area contributed by atoms with Gasteiger partial charge in [0.25, 0.3) is 0 Å². The number of aromatic nitrogens is 6. The van der Waals surface area contributed by atoms with Gasteiger partial charge in [-0.25, -0.2) is 9.97 Å². The largest absolute Gasteiger partial charge is 0.345 e. The second kappa shape index (κ2) is 9.87. The van der Waals surface area contributed by atoms with Crippen LogP contribution in [0.1, 0.15) is 35.7 Å². The number of rotatable bonds is 6. The highest BCUT2D eigenvalue weighted by Crippen LogP contribution is 2.31. The summed E-state index contributed by atoms with van der Waals surface area (Å²) in [5.74, 6) is 2.07. The number of nitrogens with one attached hydrogen (secondary N) is 2. The van der Waals surface area contributed by atoms with Crippen LogP contribution in [0, 0.1) is 6.92 Å². The molecule has 7 nitrogen and oxygen atoms in total. The molecule has 5 aromatic rings. The van der Waals surface area contributed by atoms with Crippen LogP contribution >= 0.6 is 0 Å². The maximum Gasteiger partial charge on any atom is 0.199 e. The van der Waals surface area contributed by atoms with E-state index >= 15 is 0 Å². The molecule has 2 N–H and O–H groups in total. The number of pyridine rings is 1. The lowest BCUT2D eigenvalue weighted by Crippen LogP contribution is -2.32. The molecular formula is C29H29N7. The fourth-order valence-corrected chi connectivity index (χ4v) is 4.96. The summed E-state index contributed by atoms with van der Waals surface area (Å²) in [5, 5.41) is 7.58. The first-order chi connectivity index (χ1) is 17.7. The highest BCUT2D eigenvalue weighted by atomic mass is 15.2. The number of aryl methyl sites for hydroxylation is 1. The van der Waals surface area contributed by atoms with E-state index in [1.807, 2.05) is 31.5 Å². The summed E-state index contributed by atoms with van der Waals surface area (Å²) in [6.45, 7) is 5.09. The van der Waals surface area contributed by atoms with Gasteiger partial charge in [-0.05, 0) is 61.2 Å². The van der Waals surface area contributed by atoms with Crippen LogP contribution in [0.25, 0.3) is 33.9 Å². The maximum atomic E-state index is 4.75. The van der Waals surface area contributed by atoms with Crippen molar-refractivity contribution in [2.45, 2.75) is 32.2 Å². The molecule has 180 valence electrons. The lowest BCUT2D eigenvalue weighted by Gasteiger charge is -2.31. The number of imidazole rings is 1. The third-order valence-electron chi connectivity index (χ3n) is 7.00. The lowest BCUT2D eigenvalue weighted by molar-refractivity contribution is 0.202. The fraction of sp³-hybridized carbons (Fsp3) is 0.241. The highest BCUT2D eigenvalue weighted by Gasteiger charge is 2.24. The first kappa shape index (κ1) is 22.4. The van der Waals surface area contributed by atoms with Gasteiger partial charge in [-0.2, -0.15) is 5.10 Å². The lowest BCUT2D eigenvalue weighted by atomic mass is 9.95. The highest BCUT2D eigenvalue weighted by molar-refractivity contribution is 5.81. The molecule has 0 radical (unpaired) electrons. The Labute approximate surface area is 210 Å². The van der Waals surface area contributed by atoms with Crippen LogP contribution in [-0.4, -0.2) is 48.1 Å². The second-order valence-electron chi connectivity index (χ2n) is 9.52. The van der Waals surface area contributed by atoms with Gasteiger partial charge >= 0.3 is 0 Å². The summed E-state index contributed by atoms with van der Waals surface area (Å²) < 4.78 is 0. The topological polar surface area (TPSA) is 86.4 Å². The monoisotopic (exact) mass is 475 g/mol. The van der Waals surface area contributed by atoms with Gasteiger partial charge in [-0.1, -0.05) is 54.6 Å². The standard InChI is InChI=1S/C29H29N7/c1-20-6-11-26(31-16-20)29-33-28(34-35-29)23-12-14-36(15-13-23)18-21-7-9-22(10-8-21)24-4-2-3-5-25(24)27-17-30-19-32-27/h2-11,16-17,19,23H,12-15,18H2,1H3,(H,30,32)(H,33,34,35). The average molecular weight is 476 g/mol. The molecule has 6 rings (SSSR count). The number of benzene rings is 2. The zero-order valence-electron chi connectivity index (χ0n) is 20.4. The van der Waals surface area contributed by atoms with E-state index in [4.69, 9.17) is 4.98 Å². The molecule has 3 aromatic heterocycles. The Morgan fingerprint density at radius 1 is 0.917 bits per heavy atom. The molecular weight excluding hydrogens is 446 g/mol. The van der Waals surface area contributed by atoms with Crippen LogP contribution < -0.4 is 0 Å². The molecule has 1 aliphatic heterocycles. The zero-order chi connectivity index (χ0) is 24.3. The molecule has 4 heterocycles.